The summed E-state index contributed by atoms with van der Waals surface area (Å²) in [6, 6.07) is 9.61. The van der Waals surface area contributed by atoms with E-state index in [1.807, 2.05) is 0 Å². The summed E-state index contributed by atoms with van der Waals surface area (Å²) in [6.45, 7) is 0. The van der Waals surface area contributed by atoms with Crippen LogP contribution in [0.25, 0.3) is 11.1 Å². The predicted octanol–water partition coefficient (Wildman–Crippen LogP) is 1.93. The Morgan fingerprint density at radius 1 is 0.875 bits per heavy atom. The summed E-state index contributed by atoms with van der Waals surface area (Å²) in [5.41, 5.74) is 12.9. The molecule has 0 fully saturated rings. The Morgan fingerprint density at radius 2 is 1.62 bits per heavy atom. The first-order chi connectivity index (χ1) is 7.59. The molecule has 2 aromatic carbocycles. The van der Waals surface area contributed by atoms with Crippen molar-refractivity contribution >= 4 is 11.4 Å². The zero-order valence-electron chi connectivity index (χ0n) is 8.51. The molecule has 0 amide bonds. The van der Waals surface area contributed by atoms with Gasteiger partial charge in [-0.3, -0.25) is 0 Å². The molecule has 0 radical (unpaired) electrons. The monoisotopic (exact) mass is 216 g/mol. The largest absolute Gasteiger partial charge is 0.507 e. The van der Waals surface area contributed by atoms with Crippen molar-refractivity contribution in [3.05, 3.63) is 36.4 Å². The minimum absolute atomic E-state index is 0.0510. The zero-order chi connectivity index (χ0) is 11.7. The first-order valence-corrected chi connectivity index (χ1v) is 4.76. The zero-order valence-corrected chi connectivity index (χ0v) is 8.51. The van der Waals surface area contributed by atoms with Crippen molar-refractivity contribution in [3.63, 3.8) is 0 Å². The molecule has 82 valence electrons. The number of nitrogen functional groups attached to an aromatic ring is 2. The Labute approximate surface area is 92.8 Å². The van der Waals surface area contributed by atoms with Gasteiger partial charge in [-0.1, -0.05) is 12.1 Å². The average Bonchev–Trinajstić information content (AvgIpc) is 2.26. The van der Waals surface area contributed by atoms with Gasteiger partial charge in [-0.05, 0) is 24.3 Å². The number of phenols is 2. The van der Waals surface area contributed by atoms with Gasteiger partial charge in [0.25, 0.3) is 0 Å². The van der Waals surface area contributed by atoms with E-state index in [0.717, 1.165) is 0 Å². The van der Waals surface area contributed by atoms with Crippen molar-refractivity contribution in [2.24, 2.45) is 0 Å². The Balaban J connectivity index is 2.67. The summed E-state index contributed by atoms with van der Waals surface area (Å²) in [5, 5.41) is 19.5. The average molecular weight is 216 g/mol. The van der Waals surface area contributed by atoms with E-state index in [9.17, 15) is 10.2 Å². The fourth-order valence-electron chi connectivity index (χ4n) is 1.55. The number of phenolic OH excluding ortho intramolecular Hbond substituents is 2. The Kier molecular flexibility index (Phi) is 2.32. The summed E-state index contributed by atoms with van der Waals surface area (Å²) >= 11 is 0. The highest BCUT2D eigenvalue weighted by Gasteiger charge is 2.10. The van der Waals surface area contributed by atoms with Gasteiger partial charge in [-0.2, -0.15) is 0 Å². The Morgan fingerprint density at radius 3 is 2.38 bits per heavy atom. The summed E-state index contributed by atoms with van der Waals surface area (Å²) < 4.78 is 0. The third-order valence-electron chi connectivity index (χ3n) is 2.38. The van der Waals surface area contributed by atoms with Crippen molar-refractivity contribution in [1.29, 1.82) is 0 Å². The van der Waals surface area contributed by atoms with Crippen molar-refractivity contribution < 1.29 is 10.2 Å². The lowest BCUT2D eigenvalue weighted by atomic mass is 10.0. The fraction of sp³-hybridized carbons (Fsp3) is 0. The summed E-state index contributed by atoms with van der Waals surface area (Å²) in [4.78, 5) is 0. The van der Waals surface area contributed by atoms with Crippen molar-refractivity contribution in [3.8, 4) is 22.6 Å². The Bertz CT molecular complexity index is 539. The first-order valence-electron chi connectivity index (χ1n) is 4.76. The molecule has 2 rings (SSSR count). The number of para-hydroxylation sites is 1. The van der Waals surface area contributed by atoms with Crippen LogP contribution in [0.2, 0.25) is 0 Å². The molecule has 6 N–H and O–H groups in total. The lowest BCUT2D eigenvalue weighted by Gasteiger charge is -2.09. The van der Waals surface area contributed by atoms with E-state index in [1.54, 1.807) is 30.3 Å². The van der Waals surface area contributed by atoms with Crippen LogP contribution < -0.4 is 11.5 Å². The van der Waals surface area contributed by atoms with Crippen LogP contribution >= 0.6 is 0 Å². The molecule has 0 aliphatic carbocycles. The van der Waals surface area contributed by atoms with Crippen molar-refractivity contribution in [2.45, 2.75) is 0 Å². The van der Waals surface area contributed by atoms with Crippen molar-refractivity contribution in [1.82, 2.24) is 0 Å². The van der Waals surface area contributed by atoms with Crippen LogP contribution in [0.15, 0.2) is 36.4 Å². The fourth-order valence-corrected chi connectivity index (χ4v) is 1.55. The normalized spacial score (nSPS) is 10.2. The molecule has 4 nitrogen and oxygen atoms in total. The molecule has 0 heterocycles. The van der Waals surface area contributed by atoms with Gasteiger partial charge in [-0.15, -0.1) is 0 Å². The summed E-state index contributed by atoms with van der Waals surface area (Å²) in [5.74, 6) is -0.00139. The van der Waals surface area contributed by atoms with E-state index in [-0.39, 0.29) is 17.2 Å². The maximum absolute atomic E-state index is 9.79. The number of hydrogen-bond acceptors (Lipinski definition) is 4. The van der Waals surface area contributed by atoms with E-state index >= 15 is 0 Å². The Hall–Kier alpha value is -2.36. The van der Waals surface area contributed by atoms with Gasteiger partial charge in [-0.25, -0.2) is 0 Å². The summed E-state index contributed by atoms with van der Waals surface area (Å²) in [6.07, 6.45) is 0. The molecule has 0 bridgehead atoms. The molecule has 16 heavy (non-hydrogen) atoms. The maximum atomic E-state index is 9.79. The molecule has 4 heteroatoms. The highest BCUT2D eigenvalue weighted by Crippen LogP contribution is 2.38. The van der Waals surface area contributed by atoms with Gasteiger partial charge in [0.1, 0.15) is 11.5 Å². The van der Waals surface area contributed by atoms with Crippen molar-refractivity contribution in [2.75, 3.05) is 11.5 Å². The van der Waals surface area contributed by atoms with Gasteiger partial charge in [0.2, 0.25) is 0 Å². The van der Waals surface area contributed by atoms with Crippen LogP contribution in [0.1, 0.15) is 0 Å². The molecule has 0 atom stereocenters. The van der Waals surface area contributed by atoms with E-state index in [1.165, 1.54) is 6.07 Å². The lowest BCUT2D eigenvalue weighted by Crippen LogP contribution is -1.90. The quantitative estimate of drug-likeness (QED) is 0.333. The van der Waals surface area contributed by atoms with E-state index in [2.05, 4.69) is 0 Å². The molecule has 0 aliphatic rings. The minimum Gasteiger partial charge on any atom is -0.507 e. The van der Waals surface area contributed by atoms with Crippen LogP contribution in [0.3, 0.4) is 0 Å². The number of rotatable bonds is 1. The summed E-state index contributed by atoms with van der Waals surface area (Å²) in [7, 11) is 0. The molecular formula is C12H12N2O2. The second kappa shape index (κ2) is 3.66. The smallest absolute Gasteiger partial charge is 0.146 e. The lowest BCUT2D eigenvalue weighted by molar-refractivity contribution is 0.470. The number of benzene rings is 2. The number of anilines is 2. The van der Waals surface area contributed by atoms with Gasteiger partial charge in [0.05, 0.1) is 5.69 Å². The molecular weight excluding hydrogens is 204 g/mol. The highest BCUT2D eigenvalue weighted by atomic mass is 16.3. The van der Waals surface area contributed by atoms with E-state index < -0.39 is 0 Å². The van der Waals surface area contributed by atoms with Gasteiger partial charge >= 0.3 is 0 Å². The topological polar surface area (TPSA) is 92.5 Å². The van der Waals surface area contributed by atoms with Crippen LogP contribution in [-0.2, 0) is 0 Å². The molecule has 0 unspecified atom stereocenters. The van der Waals surface area contributed by atoms with Crippen LogP contribution in [-0.4, -0.2) is 10.2 Å². The maximum Gasteiger partial charge on any atom is 0.146 e. The minimum atomic E-state index is -0.0524. The molecule has 0 saturated heterocycles. The second-order valence-corrected chi connectivity index (χ2v) is 3.52. The first kappa shape index (κ1) is 10.2. The van der Waals surface area contributed by atoms with Crippen LogP contribution in [0, 0.1) is 0 Å². The third-order valence-corrected chi connectivity index (χ3v) is 2.38. The molecule has 2 aromatic rings. The van der Waals surface area contributed by atoms with Gasteiger partial charge < -0.3 is 21.7 Å². The predicted molar refractivity (Wildman–Crippen MR) is 64.0 cm³/mol. The van der Waals surface area contributed by atoms with Crippen LogP contribution in [0.5, 0.6) is 11.5 Å². The second-order valence-electron chi connectivity index (χ2n) is 3.52. The van der Waals surface area contributed by atoms with E-state index in [4.69, 9.17) is 11.5 Å². The van der Waals surface area contributed by atoms with Gasteiger partial charge in [0, 0.05) is 16.8 Å². The number of aromatic hydroxyl groups is 2. The van der Waals surface area contributed by atoms with Crippen LogP contribution in [0.4, 0.5) is 11.4 Å². The highest BCUT2D eigenvalue weighted by molar-refractivity contribution is 5.81. The SMILES string of the molecule is Nc1ccc(O)c(-c2cccc(N)c2O)c1. The van der Waals surface area contributed by atoms with E-state index in [0.29, 0.717) is 16.8 Å². The number of hydrogen-bond donors (Lipinski definition) is 4. The van der Waals surface area contributed by atoms with Gasteiger partial charge in [0.15, 0.2) is 0 Å². The third kappa shape index (κ3) is 1.61. The standard InChI is InChI=1S/C12H12N2O2/c13-7-4-5-11(15)9(6-7)8-2-1-3-10(14)12(8)16/h1-6,15-16H,13-14H2. The molecule has 0 saturated carbocycles. The molecule has 0 aromatic heterocycles. The molecule has 0 spiro atoms. The number of nitrogens with two attached hydrogens (primary N) is 2. The molecule has 0 aliphatic heterocycles.